The van der Waals surface area contributed by atoms with Gasteiger partial charge in [0.1, 0.15) is 5.75 Å². The molecule has 0 heterocycles. The van der Waals surface area contributed by atoms with E-state index < -0.39 is 0 Å². The predicted molar refractivity (Wildman–Crippen MR) is 63.3 cm³/mol. The molecule has 0 radical (unpaired) electrons. The van der Waals surface area contributed by atoms with Crippen LogP contribution in [-0.4, -0.2) is 16.4 Å². The first-order valence-electron chi connectivity index (χ1n) is 3.66. The van der Waals surface area contributed by atoms with E-state index in [1.54, 1.807) is 18.2 Å². The molecule has 0 aliphatic rings. The van der Waals surface area contributed by atoms with Gasteiger partial charge in [-0.2, -0.15) is 5.10 Å². The first-order valence-corrected chi connectivity index (χ1v) is 4.87. The van der Waals surface area contributed by atoms with Gasteiger partial charge in [-0.1, -0.05) is 15.9 Å². The standard InChI is InChI=1S/C8H8BrN3OS/c9-6-1-2-7(13)5(3-6)4-11-12-8(10)14/h1-4,13H,(H3,10,12,14)/b11-4+. The zero-order chi connectivity index (χ0) is 10.6. The van der Waals surface area contributed by atoms with Crippen LogP contribution in [0.3, 0.4) is 0 Å². The van der Waals surface area contributed by atoms with Crippen molar-refractivity contribution in [3.63, 3.8) is 0 Å². The van der Waals surface area contributed by atoms with Crippen LogP contribution < -0.4 is 11.2 Å². The van der Waals surface area contributed by atoms with E-state index in [2.05, 4.69) is 38.7 Å². The lowest BCUT2D eigenvalue weighted by Crippen LogP contribution is -2.23. The zero-order valence-corrected chi connectivity index (χ0v) is 9.47. The maximum Gasteiger partial charge on any atom is 0.184 e. The first kappa shape index (κ1) is 10.9. The molecule has 0 aliphatic heterocycles. The fraction of sp³-hybridized carbons (Fsp3) is 0. The monoisotopic (exact) mass is 273 g/mol. The highest BCUT2D eigenvalue weighted by atomic mass is 79.9. The van der Waals surface area contributed by atoms with E-state index in [0.717, 1.165) is 4.47 Å². The van der Waals surface area contributed by atoms with Crippen LogP contribution in [0.15, 0.2) is 27.8 Å². The third-order valence-corrected chi connectivity index (χ3v) is 1.95. The van der Waals surface area contributed by atoms with Gasteiger partial charge in [-0.3, -0.25) is 5.43 Å². The first-order chi connectivity index (χ1) is 6.59. The van der Waals surface area contributed by atoms with Gasteiger partial charge in [-0.25, -0.2) is 0 Å². The number of phenolic OH excluding ortho intramolecular Hbond substituents is 1. The fourth-order valence-electron chi connectivity index (χ4n) is 0.794. The van der Waals surface area contributed by atoms with Crippen LogP contribution in [0, 0.1) is 0 Å². The van der Waals surface area contributed by atoms with Gasteiger partial charge in [0, 0.05) is 10.0 Å². The van der Waals surface area contributed by atoms with Crippen molar-refractivity contribution < 1.29 is 5.11 Å². The summed E-state index contributed by atoms with van der Waals surface area (Å²) in [5.74, 6) is 0.140. The van der Waals surface area contributed by atoms with Crippen LogP contribution in [0.25, 0.3) is 0 Å². The fourth-order valence-corrected chi connectivity index (χ4v) is 1.23. The molecule has 0 saturated heterocycles. The van der Waals surface area contributed by atoms with E-state index in [9.17, 15) is 5.11 Å². The maximum absolute atomic E-state index is 9.40. The Labute approximate surface area is 94.9 Å². The second kappa shape index (κ2) is 4.92. The van der Waals surface area contributed by atoms with Crippen molar-refractivity contribution >= 4 is 39.5 Å². The lowest BCUT2D eigenvalue weighted by Gasteiger charge is -1.99. The van der Waals surface area contributed by atoms with Crippen LogP contribution >= 0.6 is 28.1 Å². The number of benzene rings is 1. The van der Waals surface area contributed by atoms with Crippen LogP contribution in [0.2, 0.25) is 0 Å². The highest BCUT2D eigenvalue weighted by Crippen LogP contribution is 2.19. The molecule has 0 bridgehead atoms. The van der Waals surface area contributed by atoms with Crippen molar-refractivity contribution in [2.45, 2.75) is 0 Å². The van der Waals surface area contributed by atoms with Gasteiger partial charge in [0.2, 0.25) is 0 Å². The van der Waals surface area contributed by atoms with Crippen LogP contribution in [0.1, 0.15) is 5.56 Å². The Morgan fingerprint density at radius 2 is 2.36 bits per heavy atom. The number of nitrogens with zero attached hydrogens (tertiary/aromatic N) is 1. The van der Waals surface area contributed by atoms with Crippen molar-refractivity contribution in [3.05, 3.63) is 28.2 Å². The Morgan fingerprint density at radius 1 is 1.64 bits per heavy atom. The Balaban J connectivity index is 2.80. The van der Waals surface area contributed by atoms with Crippen LogP contribution in [-0.2, 0) is 0 Å². The average molecular weight is 274 g/mol. The summed E-state index contributed by atoms with van der Waals surface area (Å²) in [6, 6.07) is 5.01. The number of nitrogens with two attached hydrogens (primary N) is 1. The quantitative estimate of drug-likeness (QED) is 0.432. The molecule has 0 amide bonds. The van der Waals surface area contributed by atoms with Gasteiger partial charge < -0.3 is 10.8 Å². The summed E-state index contributed by atoms with van der Waals surface area (Å²) in [5.41, 5.74) is 8.12. The van der Waals surface area contributed by atoms with Crippen molar-refractivity contribution in [1.82, 2.24) is 5.43 Å². The second-order valence-corrected chi connectivity index (χ2v) is 3.79. The van der Waals surface area contributed by atoms with Gasteiger partial charge in [-0.15, -0.1) is 0 Å². The minimum absolute atomic E-state index is 0.0794. The van der Waals surface area contributed by atoms with E-state index in [-0.39, 0.29) is 10.9 Å². The highest BCUT2D eigenvalue weighted by molar-refractivity contribution is 9.10. The third-order valence-electron chi connectivity index (χ3n) is 1.37. The molecule has 0 aromatic heterocycles. The summed E-state index contributed by atoms with van der Waals surface area (Å²) >= 11 is 7.82. The number of phenols is 1. The lowest BCUT2D eigenvalue weighted by atomic mass is 10.2. The Bertz CT molecular complexity index is 381. The molecule has 1 rings (SSSR count). The summed E-state index contributed by atoms with van der Waals surface area (Å²) in [4.78, 5) is 0. The number of aromatic hydroxyl groups is 1. The lowest BCUT2D eigenvalue weighted by molar-refractivity contribution is 0.474. The molecule has 1 aromatic rings. The molecule has 6 heteroatoms. The highest BCUT2D eigenvalue weighted by Gasteiger charge is 1.97. The molecule has 4 nitrogen and oxygen atoms in total. The zero-order valence-electron chi connectivity index (χ0n) is 7.07. The number of hydrazone groups is 1. The minimum Gasteiger partial charge on any atom is -0.507 e. The topological polar surface area (TPSA) is 70.6 Å². The number of hydrogen-bond acceptors (Lipinski definition) is 3. The summed E-state index contributed by atoms with van der Waals surface area (Å²) < 4.78 is 0.854. The van der Waals surface area contributed by atoms with Crippen molar-refractivity contribution in [2.75, 3.05) is 0 Å². The Hall–Kier alpha value is -1.14. The van der Waals surface area contributed by atoms with E-state index in [1.807, 2.05) is 0 Å². The summed E-state index contributed by atoms with van der Waals surface area (Å²) in [7, 11) is 0. The molecule has 74 valence electrons. The smallest absolute Gasteiger partial charge is 0.184 e. The molecule has 1 aromatic carbocycles. The van der Waals surface area contributed by atoms with E-state index >= 15 is 0 Å². The predicted octanol–water partition coefficient (Wildman–Crippen LogP) is 1.32. The summed E-state index contributed by atoms with van der Waals surface area (Å²) in [6.07, 6.45) is 1.43. The molecular formula is C8H8BrN3OS. The van der Waals surface area contributed by atoms with Crippen molar-refractivity contribution in [3.8, 4) is 5.75 Å². The number of nitrogens with one attached hydrogen (secondary N) is 1. The third kappa shape index (κ3) is 3.31. The molecule has 0 atom stereocenters. The second-order valence-electron chi connectivity index (χ2n) is 2.44. The molecule has 0 saturated carbocycles. The molecule has 0 aliphatic carbocycles. The van der Waals surface area contributed by atoms with Gasteiger partial charge in [-0.05, 0) is 30.4 Å². The van der Waals surface area contributed by atoms with Gasteiger partial charge in [0.05, 0.1) is 6.21 Å². The molecular weight excluding hydrogens is 266 g/mol. The minimum atomic E-state index is 0.0794. The normalized spacial score (nSPS) is 10.4. The molecule has 14 heavy (non-hydrogen) atoms. The molecule has 4 N–H and O–H groups in total. The Morgan fingerprint density at radius 3 is 3.00 bits per heavy atom. The number of thiocarbonyl (C=S) groups is 1. The number of rotatable bonds is 2. The van der Waals surface area contributed by atoms with Gasteiger partial charge in [0.25, 0.3) is 0 Å². The van der Waals surface area contributed by atoms with Gasteiger partial charge in [0.15, 0.2) is 5.11 Å². The van der Waals surface area contributed by atoms with Crippen LogP contribution in [0.5, 0.6) is 5.75 Å². The average Bonchev–Trinajstić information content (AvgIpc) is 2.10. The maximum atomic E-state index is 9.40. The summed E-state index contributed by atoms with van der Waals surface area (Å²) in [6.45, 7) is 0. The number of hydrogen-bond donors (Lipinski definition) is 3. The van der Waals surface area contributed by atoms with Crippen molar-refractivity contribution in [1.29, 1.82) is 0 Å². The van der Waals surface area contributed by atoms with E-state index in [0.29, 0.717) is 5.56 Å². The molecule has 0 spiro atoms. The SMILES string of the molecule is NC(=S)N/N=C/c1cc(Br)ccc1O. The number of halogens is 1. The Kier molecular flexibility index (Phi) is 3.84. The van der Waals surface area contributed by atoms with Crippen molar-refractivity contribution in [2.24, 2.45) is 10.8 Å². The van der Waals surface area contributed by atoms with Gasteiger partial charge >= 0.3 is 0 Å². The van der Waals surface area contributed by atoms with Crippen LogP contribution in [0.4, 0.5) is 0 Å². The summed E-state index contributed by atoms with van der Waals surface area (Å²) in [5, 5.41) is 13.2. The van der Waals surface area contributed by atoms with E-state index in [4.69, 9.17) is 5.73 Å². The molecule has 0 fully saturated rings. The largest absolute Gasteiger partial charge is 0.507 e. The van der Waals surface area contributed by atoms with E-state index in [1.165, 1.54) is 6.21 Å². The molecule has 0 unspecified atom stereocenters.